The number of hydrogen-bond donors (Lipinski definition) is 0. The summed E-state index contributed by atoms with van der Waals surface area (Å²) in [5, 5.41) is 0. The molecule has 1 saturated carbocycles. The van der Waals surface area contributed by atoms with E-state index < -0.39 is 0 Å². The Balaban J connectivity index is 2.22. The van der Waals surface area contributed by atoms with Gasteiger partial charge in [0.05, 0.1) is 6.61 Å². The lowest BCUT2D eigenvalue weighted by atomic mass is 9.95. The van der Waals surface area contributed by atoms with E-state index in [4.69, 9.17) is 4.74 Å². The van der Waals surface area contributed by atoms with Crippen LogP contribution in [0.5, 0.6) is 0 Å². The zero-order valence-corrected chi connectivity index (χ0v) is 8.21. The lowest BCUT2D eigenvalue weighted by Crippen LogP contribution is -2.13. The average molecular weight is 184 g/mol. The second-order valence-corrected chi connectivity index (χ2v) is 3.68. The third kappa shape index (κ3) is 2.83. The predicted octanol–water partition coefficient (Wildman–Crippen LogP) is 1.55. The highest BCUT2D eigenvalue weighted by atomic mass is 16.5. The molecule has 2 unspecified atom stereocenters. The Labute approximate surface area is 78.5 Å². The molecule has 0 aromatic rings. The Kier molecular flexibility index (Phi) is 3.46. The van der Waals surface area contributed by atoms with Gasteiger partial charge < -0.3 is 4.74 Å². The van der Waals surface area contributed by atoms with Crippen LogP contribution in [0.2, 0.25) is 0 Å². The largest absolute Gasteiger partial charge is 0.466 e. The Hall–Kier alpha value is -0.860. The first-order chi connectivity index (χ1) is 6.11. The number of carbonyl (C=O) groups excluding carboxylic acids is 2. The highest BCUT2D eigenvalue weighted by molar-refractivity contribution is 5.82. The lowest BCUT2D eigenvalue weighted by molar-refractivity contribution is -0.141. The molecule has 1 rings (SSSR count). The molecule has 0 radical (unpaired) electrons. The molecule has 0 aromatic heterocycles. The summed E-state index contributed by atoms with van der Waals surface area (Å²) in [5.74, 6) is 0.701. The smallest absolute Gasteiger partial charge is 0.302 e. The monoisotopic (exact) mass is 184 g/mol. The van der Waals surface area contributed by atoms with Crippen LogP contribution in [0.4, 0.5) is 0 Å². The molecule has 0 bridgehead atoms. The van der Waals surface area contributed by atoms with Gasteiger partial charge in [0, 0.05) is 19.3 Å². The molecule has 0 heterocycles. The number of hydrogen-bond acceptors (Lipinski definition) is 3. The third-order valence-electron chi connectivity index (χ3n) is 2.77. The number of ketones is 1. The molecule has 1 aliphatic rings. The van der Waals surface area contributed by atoms with Crippen molar-refractivity contribution in [2.24, 2.45) is 11.8 Å². The molecule has 74 valence electrons. The van der Waals surface area contributed by atoms with Crippen LogP contribution < -0.4 is 0 Å². The normalized spacial score (nSPS) is 27.7. The van der Waals surface area contributed by atoms with Crippen LogP contribution in [0.1, 0.15) is 33.1 Å². The maximum atomic E-state index is 11.2. The van der Waals surface area contributed by atoms with Crippen LogP contribution in [-0.2, 0) is 14.3 Å². The van der Waals surface area contributed by atoms with Gasteiger partial charge in [-0.3, -0.25) is 9.59 Å². The molecule has 0 spiro atoms. The summed E-state index contributed by atoms with van der Waals surface area (Å²) < 4.78 is 4.84. The van der Waals surface area contributed by atoms with Gasteiger partial charge in [0.25, 0.3) is 0 Å². The van der Waals surface area contributed by atoms with E-state index in [1.165, 1.54) is 6.92 Å². The van der Waals surface area contributed by atoms with Crippen LogP contribution in [0.3, 0.4) is 0 Å². The summed E-state index contributed by atoms with van der Waals surface area (Å²) in [6.07, 6.45) is 2.49. The molecule has 13 heavy (non-hydrogen) atoms. The van der Waals surface area contributed by atoms with Gasteiger partial charge in [0.15, 0.2) is 0 Å². The van der Waals surface area contributed by atoms with E-state index in [1.54, 1.807) is 0 Å². The summed E-state index contributed by atoms with van der Waals surface area (Å²) in [5.41, 5.74) is 0. The summed E-state index contributed by atoms with van der Waals surface area (Å²) in [4.78, 5) is 21.6. The molecule has 0 saturated heterocycles. The Morgan fingerprint density at radius 3 is 2.77 bits per heavy atom. The molecule has 0 N–H and O–H groups in total. The predicted molar refractivity (Wildman–Crippen MR) is 48.1 cm³/mol. The molecule has 0 aliphatic heterocycles. The van der Waals surface area contributed by atoms with Crippen molar-refractivity contribution in [2.75, 3.05) is 6.61 Å². The fourth-order valence-corrected chi connectivity index (χ4v) is 1.82. The maximum absolute atomic E-state index is 11.2. The van der Waals surface area contributed by atoms with Gasteiger partial charge in [-0.2, -0.15) is 0 Å². The van der Waals surface area contributed by atoms with Crippen molar-refractivity contribution in [2.45, 2.75) is 33.1 Å². The highest BCUT2D eigenvalue weighted by Gasteiger charge is 2.30. The van der Waals surface area contributed by atoms with Crippen LogP contribution >= 0.6 is 0 Å². The molecule has 3 nitrogen and oxygen atoms in total. The van der Waals surface area contributed by atoms with Crippen molar-refractivity contribution in [3.8, 4) is 0 Å². The zero-order chi connectivity index (χ0) is 9.84. The van der Waals surface area contributed by atoms with Crippen molar-refractivity contribution in [3.05, 3.63) is 0 Å². The van der Waals surface area contributed by atoms with Crippen molar-refractivity contribution in [3.63, 3.8) is 0 Å². The van der Waals surface area contributed by atoms with Crippen LogP contribution in [0.25, 0.3) is 0 Å². The van der Waals surface area contributed by atoms with E-state index in [0.717, 1.165) is 12.8 Å². The second kappa shape index (κ2) is 4.40. The standard InChI is InChI=1S/C10H16O3/c1-7-9(3-4-10(7)12)5-6-13-8(2)11/h7,9H,3-6H2,1-2H3. The van der Waals surface area contributed by atoms with Crippen molar-refractivity contribution < 1.29 is 14.3 Å². The van der Waals surface area contributed by atoms with E-state index >= 15 is 0 Å². The average Bonchev–Trinajstić information content (AvgIpc) is 2.35. The zero-order valence-electron chi connectivity index (χ0n) is 8.21. The summed E-state index contributed by atoms with van der Waals surface area (Å²) in [6, 6.07) is 0. The topological polar surface area (TPSA) is 43.4 Å². The Morgan fingerprint density at radius 2 is 2.31 bits per heavy atom. The fourth-order valence-electron chi connectivity index (χ4n) is 1.82. The molecule has 0 amide bonds. The lowest BCUT2D eigenvalue weighted by Gasteiger charge is -2.12. The third-order valence-corrected chi connectivity index (χ3v) is 2.77. The van der Waals surface area contributed by atoms with Crippen molar-refractivity contribution >= 4 is 11.8 Å². The molecule has 0 aromatic carbocycles. The first kappa shape index (κ1) is 10.2. The minimum absolute atomic E-state index is 0.163. The molecule has 2 atom stereocenters. The quantitative estimate of drug-likeness (QED) is 0.625. The maximum Gasteiger partial charge on any atom is 0.302 e. The molecular formula is C10H16O3. The first-order valence-electron chi connectivity index (χ1n) is 4.77. The number of esters is 1. The Bertz CT molecular complexity index is 210. The van der Waals surface area contributed by atoms with Crippen LogP contribution in [-0.4, -0.2) is 18.4 Å². The SMILES string of the molecule is CC(=O)OCCC1CCC(=O)C1C. The summed E-state index contributed by atoms with van der Waals surface area (Å²) in [6.45, 7) is 3.83. The number of carbonyl (C=O) groups is 2. The molecule has 1 fully saturated rings. The van der Waals surface area contributed by atoms with E-state index in [1.807, 2.05) is 6.92 Å². The summed E-state index contributed by atoms with van der Waals surface area (Å²) in [7, 11) is 0. The van der Waals surface area contributed by atoms with Crippen LogP contribution in [0, 0.1) is 11.8 Å². The number of Topliss-reactive ketones (excluding diaryl/α,β-unsaturated/α-hetero) is 1. The van der Waals surface area contributed by atoms with Gasteiger partial charge in [-0.05, 0) is 18.8 Å². The molecule has 3 heteroatoms. The van der Waals surface area contributed by atoms with Gasteiger partial charge in [0.2, 0.25) is 0 Å². The van der Waals surface area contributed by atoms with Crippen molar-refractivity contribution in [1.82, 2.24) is 0 Å². The second-order valence-electron chi connectivity index (χ2n) is 3.68. The van der Waals surface area contributed by atoms with E-state index in [0.29, 0.717) is 24.7 Å². The minimum Gasteiger partial charge on any atom is -0.466 e. The Morgan fingerprint density at radius 1 is 1.62 bits per heavy atom. The van der Waals surface area contributed by atoms with Gasteiger partial charge in [-0.15, -0.1) is 0 Å². The number of ether oxygens (including phenoxy) is 1. The summed E-state index contributed by atoms with van der Waals surface area (Å²) >= 11 is 0. The molecular weight excluding hydrogens is 168 g/mol. The van der Waals surface area contributed by atoms with Crippen LogP contribution in [0.15, 0.2) is 0 Å². The van der Waals surface area contributed by atoms with E-state index in [9.17, 15) is 9.59 Å². The first-order valence-corrected chi connectivity index (χ1v) is 4.77. The fraction of sp³-hybridized carbons (Fsp3) is 0.800. The highest BCUT2D eigenvalue weighted by Crippen LogP contribution is 2.30. The minimum atomic E-state index is -0.239. The molecule has 1 aliphatic carbocycles. The van der Waals surface area contributed by atoms with E-state index in [-0.39, 0.29) is 11.9 Å². The van der Waals surface area contributed by atoms with Gasteiger partial charge in [-0.25, -0.2) is 0 Å². The van der Waals surface area contributed by atoms with Gasteiger partial charge >= 0.3 is 5.97 Å². The van der Waals surface area contributed by atoms with E-state index in [2.05, 4.69) is 0 Å². The van der Waals surface area contributed by atoms with Gasteiger partial charge in [-0.1, -0.05) is 6.92 Å². The number of rotatable bonds is 3. The van der Waals surface area contributed by atoms with Crippen molar-refractivity contribution in [1.29, 1.82) is 0 Å². The van der Waals surface area contributed by atoms with Gasteiger partial charge in [0.1, 0.15) is 5.78 Å².